The average molecular weight is 269 g/mol. The number of rotatable bonds is 5. The third-order valence-electron chi connectivity index (χ3n) is 2.82. The number of benzene rings is 1. The number of aliphatic hydroxyl groups excluding tert-OH is 1. The van der Waals surface area contributed by atoms with E-state index in [-0.39, 0.29) is 17.5 Å². The molecule has 0 radical (unpaired) electrons. The fourth-order valence-electron chi connectivity index (χ4n) is 1.46. The van der Waals surface area contributed by atoms with Crippen molar-refractivity contribution < 1.29 is 14.2 Å². The molecule has 0 aliphatic rings. The molecule has 0 aliphatic heterocycles. The Kier molecular flexibility index (Phi) is 5.32. The van der Waals surface area contributed by atoms with Gasteiger partial charge in [-0.3, -0.25) is 0 Å². The molecule has 0 saturated carbocycles. The van der Waals surface area contributed by atoms with Crippen LogP contribution in [0.5, 0.6) is 5.75 Å². The lowest BCUT2D eigenvalue weighted by Crippen LogP contribution is -2.35. The highest BCUT2D eigenvalue weighted by Gasteiger charge is 2.15. The molecule has 0 bridgehead atoms. The van der Waals surface area contributed by atoms with Gasteiger partial charge in [-0.2, -0.15) is 0 Å². The van der Waals surface area contributed by atoms with Crippen LogP contribution in [0.15, 0.2) is 18.2 Å². The van der Waals surface area contributed by atoms with Crippen molar-refractivity contribution in [2.45, 2.75) is 58.9 Å². The number of aliphatic hydroxyl groups is 1. The van der Waals surface area contributed by atoms with Crippen LogP contribution in [0.4, 0.5) is 4.39 Å². The van der Waals surface area contributed by atoms with E-state index in [9.17, 15) is 9.50 Å². The number of nitrogens with one attached hydrogen (secondary N) is 1. The quantitative estimate of drug-likeness (QED) is 0.863. The fourth-order valence-corrected chi connectivity index (χ4v) is 1.46. The van der Waals surface area contributed by atoms with Gasteiger partial charge in [-0.15, -0.1) is 0 Å². The van der Waals surface area contributed by atoms with Gasteiger partial charge in [0.2, 0.25) is 0 Å². The van der Waals surface area contributed by atoms with Crippen molar-refractivity contribution in [2.24, 2.45) is 0 Å². The number of ether oxygens (including phenoxy) is 1. The van der Waals surface area contributed by atoms with E-state index in [0.29, 0.717) is 12.3 Å². The molecule has 0 saturated heterocycles. The van der Waals surface area contributed by atoms with Gasteiger partial charge < -0.3 is 15.2 Å². The second kappa shape index (κ2) is 6.35. The van der Waals surface area contributed by atoms with Gasteiger partial charge in [-0.25, -0.2) is 4.39 Å². The van der Waals surface area contributed by atoms with Gasteiger partial charge >= 0.3 is 0 Å². The summed E-state index contributed by atoms with van der Waals surface area (Å²) >= 11 is 0. The zero-order valence-electron chi connectivity index (χ0n) is 12.3. The summed E-state index contributed by atoms with van der Waals surface area (Å²) in [6.45, 7) is 10.1. The maximum Gasteiger partial charge on any atom is 0.124 e. The van der Waals surface area contributed by atoms with Crippen LogP contribution in [0.3, 0.4) is 0 Å². The third kappa shape index (κ3) is 5.57. The van der Waals surface area contributed by atoms with Crippen LogP contribution in [-0.4, -0.2) is 22.9 Å². The summed E-state index contributed by atoms with van der Waals surface area (Å²) in [5.41, 5.74) is 0.696. The molecule has 108 valence electrons. The molecular formula is C15H24FNO2. The van der Waals surface area contributed by atoms with E-state index in [4.69, 9.17) is 4.74 Å². The Morgan fingerprint density at radius 3 is 2.47 bits per heavy atom. The van der Waals surface area contributed by atoms with E-state index in [1.165, 1.54) is 12.1 Å². The van der Waals surface area contributed by atoms with Crippen LogP contribution in [0.2, 0.25) is 0 Å². The van der Waals surface area contributed by atoms with Crippen molar-refractivity contribution in [3.05, 3.63) is 29.6 Å². The fraction of sp³-hybridized carbons (Fsp3) is 0.600. The summed E-state index contributed by atoms with van der Waals surface area (Å²) < 4.78 is 19.0. The summed E-state index contributed by atoms with van der Waals surface area (Å²) in [7, 11) is 0. The molecule has 0 spiro atoms. The van der Waals surface area contributed by atoms with Crippen LogP contribution in [0.1, 0.15) is 40.2 Å². The van der Waals surface area contributed by atoms with E-state index in [1.807, 2.05) is 20.8 Å². The molecule has 3 nitrogen and oxygen atoms in total. The lowest BCUT2D eigenvalue weighted by atomic mass is 10.1. The highest BCUT2D eigenvalue weighted by Crippen LogP contribution is 2.22. The van der Waals surface area contributed by atoms with Crippen LogP contribution in [0, 0.1) is 5.82 Å². The minimum absolute atomic E-state index is 0.0561. The van der Waals surface area contributed by atoms with Gasteiger partial charge in [0.05, 0.1) is 6.10 Å². The van der Waals surface area contributed by atoms with Crippen molar-refractivity contribution >= 4 is 0 Å². The van der Waals surface area contributed by atoms with Gasteiger partial charge in [0.1, 0.15) is 17.7 Å². The zero-order valence-corrected chi connectivity index (χ0v) is 12.3. The summed E-state index contributed by atoms with van der Waals surface area (Å²) in [4.78, 5) is 0. The Morgan fingerprint density at radius 2 is 1.95 bits per heavy atom. The Labute approximate surface area is 114 Å². The Morgan fingerprint density at radius 1 is 1.32 bits per heavy atom. The second-order valence-electron chi connectivity index (χ2n) is 5.92. The molecule has 0 aliphatic carbocycles. The molecule has 2 N–H and O–H groups in total. The molecule has 0 amide bonds. The third-order valence-corrected chi connectivity index (χ3v) is 2.82. The molecule has 0 heterocycles. The largest absolute Gasteiger partial charge is 0.488 e. The van der Waals surface area contributed by atoms with E-state index in [1.54, 1.807) is 19.9 Å². The molecule has 0 aromatic heterocycles. The van der Waals surface area contributed by atoms with Gasteiger partial charge in [0, 0.05) is 17.6 Å². The smallest absolute Gasteiger partial charge is 0.124 e. The molecule has 2 unspecified atom stereocenters. The Hall–Kier alpha value is -1.13. The first kappa shape index (κ1) is 15.9. The molecule has 1 rings (SSSR count). The van der Waals surface area contributed by atoms with Gasteiger partial charge in [-0.05, 0) is 52.8 Å². The molecule has 1 aromatic rings. The summed E-state index contributed by atoms with van der Waals surface area (Å²) in [6, 6.07) is 4.43. The van der Waals surface area contributed by atoms with E-state index in [2.05, 4.69) is 5.32 Å². The second-order valence-corrected chi connectivity index (χ2v) is 5.92. The minimum Gasteiger partial charge on any atom is -0.488 e. The van der Waals surface area contributed by atoms with Crippen molar-refractivity contribution in [1.82, 2.24) is 5.32 Å². The Bertz CT molecular complexity index is 413. The standard InChI is InChI=1S/C15H24FNO2/c1-10(18)11(2)19-14-7-6-13(16)8-12(14)9-17-15(3,4)5/h6-8,10-11,17-18H,9H2,1-5H3. The summed E-state index contributed by atoms with van der Waals surface area (Å²) in [5, 5.41) is 12.8. The van der Waals surface area contributed by atoms with Crippen molar-refractivity contribution in [2.75, 3.05) is 0 Å². The first-order valence-electron chi connectivity index (χ1n) is 6.57. The van der Waals surface area contributed by atoms with Crippen molar-refractivity contribution in [3.63, 3.8) is 0 Å². The van der Waals surface area contributed by atoms with Gasteiger partial charge in [0.15, 0.2) is 0 Å². The van der Waals surface area contributed by atoms with E-state index in [0.717, 1.165) is 5.56 Å². The molecule has 0 fully saturated rings. The first-order valence-corrected chi connectivity index (χ1v) is 6.57. The lowest BCUT2D eigenvalue weighted by molar-refractivity contribution is 0.0596. The molecule has 1 aromatic carbocycles. The van der Waals surface area contributed by atoms with Crippen LogP contribution in [-0.2, 0) is 6.54 Å². The summed E-state index contributed by atoms with van der Waals surface area (Å²) in [5.74, 6) is 0.314. The van der Waals surface area contributed by atoms with Crippen LogP contribution in [0.25, 0.3) is 0 Å². The lowest BCUT2D eigenvalue weighted by Gasteiger charge is -2.23. The van der Waals surface area contributed by atoms with Crippen LogP contribution >= 0.6 is 0 Å². The predicted octanol–water partition coefficient (Wildman–Crippen LogP) is 2.86. The maximum absolute atomic E-state index is 13.3. The molecular weight excluding hydrogens is 245 g/mol. The normalized spacial score (nSPS) is 15.1. The highest BCUT2D eigenvalue weighted by atomic mass is 19.1. The van der Waals surface area contributed by atoms with E-state index >= 15 is 0 Å². The Balaban J connectivity index is 2.85. The SMILES string of the molecule is CC(O)C(C)Oc1ccc(F)cc1CNC(C)(C)C. The predicted molar refractivity (Wildman–Crippen MR) is 74.8 cm³/mol. The maximum atomic E-state index is 13.3. The number of halogens is 1. The molecule has 19 heavy (non-hydrogen) atoms. The summed E-state index contributed by atoms with van der Waals surface area (Å²) in [6.07, 6.45) is -0.910. The number of hydrogen-bond donors (Lipinski definition) is 2. The first-order chi connectivity index (χ1) is 8.69. The van der Waals surface area contributed by atoms with Crippen molar-refractivity contribution in [1.29, 1.82) is 0 Å². The van der Waals surface area contributed by atoms with Crippen molar-refractivity contribution in [3.8, 4) is 5.75 Å². The molecule has 2 atom stereocenters. The van der Waals surface area contributed by atoms with E-state index < -0.39 is 6.10 Å². The zero-order chi connectivity index (χ0) is 14.6. The van der Waals surface area contributed by atoms with Gasteiger partial charge in [0.25, 0.3) is 0 Å². The van der Waals surface area contributed by atoms with Gasteiger partial charge in [-0.1, -0.05) is 0 Å². The number of hydrogen-bond acceptors (Lipinski definition) is 3. The monoisotopic (exact) mass is 269 g/mol. The topological polar surface area (TPSA) is 41.5 Å². The highest BCUT2D eigenvalue weighted by molar-refractivity contribution is 5.34. The minimum atomic E-state index is -0.575. The average Bonchev–Trinajstić information content (AvgIpc) is 2.28. The molecule has 4 heteroatoms. The van der Waals surface area contributed by atoms with Crippen LogP contribution < -0.4 is 10.1 Å².